The van der Waals surface area contributed by atoms with Crippen molar-refractivity contribution in [3.63, 3.8) is 0 Å². The maximum absolute atomic E-state index is 11.5. The molecule has 1 aromatic heterocycles. The minimum Gasteiger partial charge on any atom is -0.480 e. The molecule has 1 rings (SSSR count). The van der Waals surface area contributed by atoms with Crippen LogP contribution in [-0.4, -0.2) is 51.2 Å². The summed E-state index contributed by atoms with van der Waals surface area (Å²) in [7, 11) is 0. The summed E-state index contributed by atoms with van der Waals surface area (Å²) in [6, 6.07) is 0.349. The summed E-state index contributed by atoms with van der Waals surface area (Å²) in [5, 5.41) is 26.8. The Morgan fingerprint density at radius 2 is 2.14 bits per heavy atom. The molecule has 1 aromatic rings. The standard InChI is InChI=1S/C13H22N4O4/c1-9-8-10(2)17(16-9)6-3-5-14-13(21)15-11(4-7-18)12(19)20/h8,11,18H,3-7H2,1-2H3,(H,19,20)(H2,14,15,21). The molecule has 0 aromatic carbocycles. The van der Waals surface area contributed by atoms with Gasteiger partial charge in [0.2, 0.25) is 0 Å². The van der Waals surface area contributed by atoms with E-state index in [1.165, 1.54) is 0 Å². The highest BCUT2D eigenvalue weighted by Crippen LogP contribution is 2.02. The molecule has 0 saturated heterocycles. The number of aliphatic hydroxyl groups excluding tert-OH is 1. The maximum atomic E-state index is 11.5. The number of aryl methyl sites for hydroxylation is 3. The van der Waals surface area contributed by atoms with Gasteiger partial charge >= 0.3 is 12.0 Å². The zero-order valence-electron chi connectivity index (χ0n) is 12.3. The van der Waals surface area contributed by atoms with Crippen molar-refractivity contribution in [3.05, 3.63) is 17.5 Å². The number of aliphatic hydroxyl groups is 1. The molecule has 0 bridgehead atoms. The van der Waals surface area contributed by atoms with Gasteiger partial charge in [0.05, 0.1) is 5.69 Å². The van der Waals surface area contributed by atoms with E-state index < -0.39 is 18.0 Å². The van der Waals surface area contributed by atoms with E-state index in [1.54, 1.807) is 0 Å². The predicted molar refractivity (Wildman–Crippen MR) is 76.0 cm³/mol. The van der Waals surface area contributed by atoms with Crippen LogP contribution in [0.5, 0.6) is 0 Å². The van der Waals surface area contributed by atoms with Crippen LogP contribution in [0, 0.1) is 13.8 Å². The van der Waals surface area contributed by atoms with Crippen LogP contribution in [0.4, 0.5) is 4.79 Å². The minimum atomic E-state index is -1.16. The molecule has 8 nitrogen and oxygen atoms in total. The zero-order chi connectivity index (χ0) is 15.8. The molecular weight excluding hydrogens is 276 g/mol. The number of amides is 2. The number of carboxylic acids is 1. The van der Waals surface area contributed by atoms with Crippen LogP contribution >= 0.6 is 0 Å². The number of carbonyl (C=O) groups is 2. The second kappa shape index (κ2) is 8.25. The highest BCUT2D eigenvalue weighted by atomic mass is 16.4. The van der Waals surface area contributed by atoms with Crippen molar-refractivity contribution in [3.8, 4) is 0 Å². The molecule has 0 aliphatic heterocycles. The first-order valence-corrected chi connectivity index (χ1v) is 6.83. The number of rotatable bonds is 8. The molecule has 0 spiro atoms. The Morgan fingerprint density at radius 1 is 1.43 bits per heavy atom. The van der Waals surface area contributed by atoms with Crippen molar-refractivity contribution < 1.29 is 19.8 Å². The Hall–Kier alpha value is -2.09. The SMILES string of the molecule is Cc1cc(C)n(CCCNC(=O)NC(CCO)C(=O)O)n1. The fraction of sp³-hybridized carbons (Fsp3) is 0.615. The van der Waals surface area contributed by atoms with Gasteiger partial charge in [0, 0.05) is 31.8 Å². The van der Waals surface area contributed by atoms with E-state index in [2.05, 4.69) is 15.7 Å². The first kappa shape index (κ1) is 17.0. The molecular formula is C13H22N4O4. The van der Waals surface area contributed by atoms with Crippen LogP contribution in [0.25, 0.3) is 0 Å². The number of nitrogens with one attached hydrogen (secondary N) is 2. The van der Waals surface area contributed by atoms with Gasteiger partial charge in [0.1, 0.15) is 6.04 Å². The van der Waals surface area contributed by atoms with E-state index in [-0.39, 0.29) is 13.0 Å². The van der Waals surface area contributed by atoms with Crippen LogP contribution in [0.1, 0.15) is 24.2 Å². The molecule has 0 saturated carbocycles. The van der Waals surface area contributed by atoms with Gasteiger partial charge in [-0.2, -0.15) is 5.10 Å². The molecule has 1 atom stereocenters. The summed E-state index contributed by atoms with van der Waals surface area (Å²) in [6.45, 7) is 4.68. The van der Waals surface area contributed by atoms with Crippen molar-refractivity contribution in [2.24, 2.45) is 0 Å². The van der Waals surface area contributed by atoms with Gasteiger partial charge < -0.3 is 20.8 Å². The maximum Gasteiger partial charge on any atom is 0.326 e. The molecule has 4 N–H and O–H groups in total. The predicted octanol–water partition coefficient (Wildman–Crippen LogP) is 0.0248. The first-order valence-electron chi connectivity index (χ1n) is 6.83. The van der Waals surface area contributed by atoms with Crippen LogP contribution in [0.2, 0.25) is 0 Å². The summed E-state index contributed by atoms with van der Waals surface area (Å²) in [5.41, 5.74) is 2.01. The Morgan fingerprint density at radius 3 is 2.67 bits per heavy atom. The fourth-order valence-corrected chi connectivity index (χ4v) is 1.93. The van der Waals surface area contributed by atoms with E-state index in [4.69, 9.17) is 10.2 Å². The van der Waals surface area contributed by atoms with Gasteiger partial charge in [-0.1, -0.05) is 0 Å². The van der Waals surface area contributed by atoms with Gasteiger partial charge in [0.15, 0.2) is 0 Å². The Bertz CT molecular complexity index is 487. The van der Waals surface area contributed by atoms with Gasteiger partial charge in [-0.3, -0.25) is 4.68 Å². The third kappa shape index (κ3) is 5.82. The molecule has 21 heavy (non-hydrogen) atoms. The third-order valence-corrected chi connectivity index (χ3v) is 2.96. The molecule has 0 radical (unpaired) electrons. The van der Waals surface area contributed by atoms with Crippen molar-refractivity contribution in [1.29, 1.82) is 0 Å². The van der Waals surface area contributed by atoms with Crippen molar-refractivity contribution in [2.45, 2.75) is 39.3 Å². The molecule has 0 aliphatic carbocycles. The number of carbonyl (C=O) groups excluding carboxylic acids is 1. The monoisotopic (exact) mass is 298 g/mol. The number of hydrogen-bond acceptors (Lipinski definition) is 4. The first-order chi connectivity index (χ1) is 9.93. The molecule has 0 fully saturated rings. The second-order valence-corrected chi connectivity index (χ2v) is 4.81. The summed E-state index contributed by atoms with van der Waals surface area (Å²) in [6.07, 6.45) is 0.668. The number of hydrogen-bond donors (Lipinski definition) is 4. The van der Waals surface area contributed by atoms with Crippen molar-refractivity contribution in [2.75, 3.05) is 13.2 Å². The number of aliphatic carboxylic acids is 1. The van der Waals surface area contributed by atoms with Crippen LogP contribution in [-0.2, 0) is 11.3 Å². The van der Waals surface area contributed by atoms with Crippen molar-refractivity contribution >= 4 is 12.0 Å². The quantitative estimate of drug-likeness (QED) is 0.505. The van der Waals surface area contributed by atoms with Crippen LogP contribution in [0.15, 0.2) is 6.07 Å². The zero-order valence-corrected chi connectivity index (χ0v) is 12.3. The molecule has 1 unspecified atom stereocenters. The van der Waals surface area contributed by atoms with E-state index in [1.807, 2.05) is 24.6 Å². The van der Waals surface area contributed by atoms with Gasteiger partial charge in [-0.15, -0.1) is 0 Å². The highest BCUT2D eigenvalue weighted by molar-refractivity contribution is 5.82. The Kier molecular flexibility index (Phi) is 6.67. The lowest BCUT2D eigenvalue weighted by atomic mass is 10.2. The molecule has 2 amide bonds. The van der Waals surface area contributed by atoms with Crippen LogP contribution < -0.4 is 10.6 Å². The second-order valence-electron chi connectivity index (χ2n) is 4.81. The van der Waals surface area contributed by atoms with Gasteiger partial charge in [-0.25, -0.2) is 9.59 Å². The largest absolute Gasteiger partial charge is 0.480 e. The topological polar surface area (TPSA) is 116 Å². The Balaban J connectivity index is 2.27. The molecule has 1 heterocycles. The highest BCUT2D eigenvalue weighted by Gasteiger charge is 2.18. The van der Waals surface area contributed by atoms with Crippen LogP contribution in [0.3, 0.4) is 0 Å². The summed E-state index contributed by atoms with van der Waals surface area (Å²) in [4.78, 5) is 22.3. The van der Waals surface area contributed by atoms with Gasteiger partial charge in [0.25, 0.3) is 0 Å². The fourth-order valence-electron chi connectivity index (χ4n) is 1.93. The third-order valence-electron chi connectivity index (χ3n) is 2.96. The van der Waals surface area contributed by atoms with E-state index >= 15 is 0 Å². The lowest BCUT2D eigenvalue weighted by molar-refractivity contribution is -0.139. The summed E-state index contributed by atoms with van der Waals surface area (Å²) < 4.78 is 1.86. The summed E-state index contributed by atoms with van der Waals surface area (Å²) in [5.74, 6) is -1.16. The number of carboxylic acid groups (broad SMARTS) is 1. The number of aromatic nitrogens is 2. The number of urea groups is 1. The average Bonchev–Trinajstić information content (AvgIpc) is 2.72. The Labute approximate surface area is 123 Å². The normalized spacial score (nSPS) is 12.0. The van der Waals surface area contributed by atoms with E-state index in [0.717, 1.165) is 11.4 Å². The molecule has 0 aliphatic rings. The average molecular weight is 298 g/mol. The van der Waals surface area contributed by atoms with E-state index in [9.17, 15) is 9.59 Å². The summed E-state index contributed by atoms with van der Waals surface area (Å²) >= 11 is 0. The van der Waals surface area contributed by atoms with Gasteiger partial charge in [-0.05, 0) is 26.3 Å². The van der Waals surface area contributed by atoms with Crippen molar-refractivity contribution in [1.82, 2.24) is 20.4 Å². The minimum absolute atomic E-state index is 0.0193. The van der Waals surface area contributed by atoms with E-state index in [0.29, 0.717) is 19.5 Å². The smallest absolute Gasteiger partial charge is 0.326 e. The number of nitrogens with zero attached hydrogens (tertiary/aromatic N) is 2. The molecule has 8 heteroatoms. The lowest BCUT2D eigenvalue weighted by Crippen LogP contribution is -2.46. The molecule has 118 valence electrons. The lowest BCUT2D eigenvalue weighted by Gasteiger charge is -2.14.